The molecule has 0 amide bonds. The Hall–Kier alpha value is -2.56. The zero-order chi connectivity index (χ0) is 15.1. The lowest BCUT2D eigenvalue weighted by Crippen LogP contribution is -2.04. The molecule has 5 nitrogen and oxygen atoms in total. The van der Waals surface area contributed by atoms with Gasteiger partial charge in [-0.25, -0.2) is 4.79 Å². The van der Waals surface area contributed by atoms with Crippen LogP contribution in [-0.4, -0.2) is 24.7 Å². The lowest BCUT2D eigenvalue weighted by atomic mass is 10.2. The van der Waals surface area contributed by atoms with E-state index in [1.54, 1.807) is 12.1 Å². The highest BCUT2D eigenvalue weighted by molar-refractivity contribution is 5.88. The summed E-state index contributed by atoms with van der Waals surface area (Å²) in [6, 6.07) is 10.9. The number of rotatable bonds is 6. The third-order valence-electron chi connectivity index (χ3n) is 2.77. The van der Waals surface area contributed by atoms with Crippen LogP contribution in [0.25, 0.3) is 0 Å². The van der Waals surface area contributed by atoms with Gasteiger partial charge in [-0.2, -0.15) is 0 Å². The number of hydrogen-bond acceptors (Lipinski definition) is 5. The molecule has 2 aromatic rings. The highest BCUT2D eigenvalue weighted by Crippen LogP contribution is 2.26. The van der Waals surface area contributed by atoms with E-state index >= 15 is 0 Å². The van der Waals surface area contributed by atoms with E-state index < -0.39 is 5.97 Å². The Bertz CT molecular complexity index is 595. The van der Waals surface area contributed by atoms with Crippen molar-refractivity contribution in [2.45, 2.75) is 13.5 Å². The highest BCUT2D eigenvalue weighted by atomic mass is 16.5. The number of carbonyl (C=O) groups is 1. The third-order valence-corrected chi connectivity index (χ3v) is 2.77. The first-order valence-corrected chi connectivity index (χ1v) is 6.62. The average Bonchev–Trinajstić information content (AvgIpc) is 2.54. The molecule has 0 aliphatic carbocycles. The number of esters is 1. The van der Waals surface area contributed by atoms with E-state index in [4.69, 9.17) is 9.47 Å². The van der Waals surface area contributed by atoms with Crippen LogP contribution < -0.4 is 9.47 Å². The predicted octanol–water partition coefficient (Wildman–Crippen LogP) is 2.85. The minimum Gasteiger partial charge on any atom is -0.490 e. The van der Waals surface area contributed by atoms with Gasteiger partial charge in [0.05, 0.1) is 25.0 Å². The quantitative estimate of drug-likeness (QED) is 0.765. The number of hydrogen-bond donors (Lipinski definition) is 0. The summed E-state index contributed by atoms with van der Waals surface area (Å²) in [7, 11) is 1.34. The van der Waals surface area contributed by atoms with Crippen molar-refractivity contribution in [2.75, 3.05) is 13.7 Å². The molecule has 0 atom stereocenters. The minimum absolute atomic E-state index is 0.297. The van der Waals surface area contributed by atoms with Crippen molar-refractivity contribution in [3.63, 3.8) is 0 Å². The molecular weight excluding hydrogens is 270 g/mol. The lowest BCUT2D eigenvalue weighted by Gasteiger charge is -2.11. The first kappa shape index (κ1) is 14.8. The van der Waals surface area contributed by atoms with Crippen LogP contribution in [-0.2, 0) is 11.3 Å². The number of ether oxygens (including phenoxy) is 3. The fourth-order valence-electron chi connectivity index (χ4n) is 1.74. The number of pyridine rings is 1. The number of methoxy groups -OCH3 is 1. The van der Waals surface area contributed by atoms with E-state index in [0.29, 0.717) is 36.0 Å². The van der Waals surface area contributed by atoms with Crippen LogP contribution in [0.4, 0.5) is 0 Å². The summed E-state index contributed by atoms with van der Waals surface area (Å²) >= 11 is 0. The van der Waals surface area contributed by atoms with E-state index in [1.807, 2.05) is 31.2 Å². The molecule has 0 saturated carbocycles. The van der Waals surface area contributed by atoms with E-state index in [1.165, 1.54) is 13.3 Å². The van der Waals surface area contributed by atoms with Crippen molar-refractivity contribution in [1.82, 2.24) is 4.98 Å². The van der Waals surface area contributed by atoms with Crippen molar-refractivity contribution in [2.24, 2.45) is 0 Å². The second-order valence-corrected chi connectivity index (χ2v) is 4.20. The Kier molecular flexibility index (Phi) is 5.15. The smallest absolute Gasteiger partial charge is 0.339 e. The summed E-state index contributed by atoms with van der Waals surface area (Å²) in [5, 5.41) is 0. The summed E-state index contributed by atoms with van der Waals surface area (Å²) in [4.78, 5) is 15.5. The maximum atomic E-state index is 11.3. The first-order chi connectivity index (χ1) is 10.2. The van der Waals surface area contributed by atoms with Gasteiger partial charge in [-0.15, -0.1) is 0 Å². The maximum absolute atomic E-state index is 11.3. The minimum atomic E-state index is -0.406. The summed E-state index contributed by atoms with van der Waals surface area (Å²) in [5.74, 6) is 0.959. The van der Waals surface area contributed by atoms with Crippen LogP contribution in [0.5, 0.6) is 11.5 Å². The fourth-order valence-corrected chi connectivity index (χ4v) is 1.74. The molecule has 2 rings (SSSR count). The Morgan fingerprint density at radius 3 is 2.38 bits per heavy atom. The molecule has 0 bridgehead atoms. The molecule has 1 aromatic heterocycles. The molecule has 0 fully saturated rings. The number of carbonyl (C=O) groups excluding carboxylic acids is 1. The van der Waals surface area contributed by atoms with Crippen molar-refractivity contribution in [3.05, 3.63) is 53.9 Å². The molecule has 0 unspecified atom stereocenters. The fraction of sp³-hybridized carbons (Fsp3) is 0.250. The van der Waals surface area contributed by atoms with Crippen molar-refractivity contribution in [1.29, 1.82) is 0 Å². The van der Waals surface area contributed by atoms with Crippen molar-refractivity contribution in [3.8, 4) is 11.5 Å². The summed E-state index contributed by atoms with van der Waals surface area (Å²) in [6.07, 6.45) is 1.47. The largest absolute Gasteiger partial charge is 0.490 e. The molecule has 110 valence electrons. The number of benzene rings is 1. The van der Waals surface area contributed by atoms with Gasteiger partial charge in [0.15, 0.2) is 11.5 Å². The highest BCUT2D eigenvalue weighted by Gasteiger charge is 2.07. The predicted molar refractivity (Wildman–Crippen MR) is 77.5 cm³/mol. The summed E-state index contributed by atoms with van der Waals surface area (Å²) < 4.78 is 15.8. The zero-order valence-electron chi connectivity index (χ0n) is 12.0. The molecule has 0 saturated heterocycles. The van der Waals surface area contributed by atoms with Gasteiger partial charge in [0, 0.05) is 6.20 Å². The molecule has 0 aliphatic heterocycles. The SMILES string of the molecule is CCOc1ccccc1OCc1ccc(C(=O)OC)cn1. The van der Waals surface area contributed by atoms with Gasteiger partial charge < -0.3 is 14.2 Å². The van der Waals surface area contributed by atoms with Crippen LogP contribution in [0.3, 0.4) is 0 Å². The molecule has 1 heterocycles. The lowest BCUT2D eigenvalue weighted by molar-refractivity contribution is 0.0600. The van der Waals surface area contributed by atoms with Gasteiger partial charge in [0.2, 0.25) is 0 Å². The zero-order valence-corrected chi connectivity index (χ0v) is 12.0. The van der Waals surface area contributed by atoms with Gasteiger partial charge in [0.25, 0.3) is 0 Å². The molecule has 0 aliphatic rings. The number of para-hydroxylation sites is 2. The first-order valence-electron chi connectivity index (χ1n) is 6.62. The standard InChI is InChI=1S/C16H17NO4/c1-3-20-14-6-4-5-7-15(14)21-11-13-9-8-12(10-17-13)16(18)19-2/h4-10H,3,11H2,1-2H3. The molecular formula is C16H17NO4. The van der Waals surface area contributed by atoms with Gasteiger partial charge in [-0.3, -0.25) is 4.98 Å². The molecule has 0 N–H and O–H groups in total. The van der Waals surface area contributed by atoms with Crippen LogP contribution in [0.2, 0.25) is 0 Å². The van der Waals surface area contributed by atoms with E-state index in [-0.39, 0.29) is 0 Å². The second-order valence-electron chi connectivity index (χ2n) is 4.20. The van der Waals surface area contributed by atoms with E-state index in [2.05, 4.69) is 9.72 Å². The van der Waals surface area contributed by atoms with Crippen molar-refractivity contribution < 1.29 is 19.0 Å². The molecule has 0 radical (unpaired) electrons. The Morgan fingerprint density at radius 2 is 1.81 bits per heavy atom. The van der Waals surface area contributed by atoms with Gasteiger partial charge in [-0.1, -0.05) is 12.1 Å². The number of nitrogens with zero attached hydrogens (tertiary/aromatic N) is 1. The Balaban J connectivity index is 2.01. The topological polar surface area (TPSA) is 57.7 Å². The number of aromatic nitrogens is 1. The van der Waals surface area contributed by atoms with Gasteiger partial charge in [-0.05, 0) is 31.2 Å². The van der Waals surface area contributed by atoms with Crippen molar-refractivity contribution >= 4 is 5.97 Å². The van der Waals surface area contributed by atoms with Gasteiger partial charge >= 0.3 is 5.97 Å². The van der Waals surface area contributed by atoms with E-state index in [0.717, 1.165) is 0 Å². The summed E-state index contributed by atoms with van der Waals surface area (Å²) in [5.41, 5.74) is 1.13. The van der Waals surface area contributed by atoms with Gasteiger partial charge in [0.1, 0.15) is 6.61 Å². The van der Waals surface area contributed by atoms with E-state index in [9.17, 15) is 4.79 Å². The van der Waals surface area contributed by atoms with Crippen LogP contribution in [0.15, 0.2) is 42.6 Å². The third kappa shape index (κ3) is 3.95. The normalized spacial score (nSPS) is 10.0. The summed E-state index contributed by atoms with van der Waals surface area (Å²) in [6.45, 7) is 2.79. The molecule has 0 spiro atoms. The molecule has 21 heavy (non-hydrogen) atoms. The van der Waals surface area contributed by atoms with Crippen LogP contribution in [0, 0.1) is 0 Å². The second kappa shape index (κ2) is 7.28. The maximum Gasteiger partial charge on any atom is 0.339 e. The Labute approximate surface area is 123 Å². The van der Waals surface area contributed by atoms with Crippen LogP contribution in [0.1, 0.15) is 23.0 Å². The molecule has 1 aromatic carbocycles. The average molecular weight is 287 g/mol. The molecule has 5 heteroatoms. The monoisotopic (exact) mass is 287 g/mol. The Morgan fingerprint density at radius 1 is 1.10 bits per heavy atom. The van der Waals surface area contributed by atoms with Crippen LogP contribution >= 0.6 is 0 Å².